The number of nitriles is 1. The van der Waals surface area contributed by atoms with Gasteiger partial charge in [-0.25, -0.2) is 15.0 Å². The normalized spacial score (nSPS) is 11.9. The smallest absolute Gasteiger partial charge is 0.309 e. The predicted molar refractivity (Wildman–Crippen MR) is 191 cm³/mol. The summed E-state index contributed by atoms with van der Waals surface area (Å²) < 4.78 is 85.0. The van der Waals surface area contributed by atoms with E-state index in [2.05, 4.69) is 6.07 Å². The maximum Gasteiger partial charge on any atom is 0.416 e. The maximum atomic E-state index is 13.9. The zero-order valence-electron chi connectivity index (χ0n) is 27.3. The van der Waals surface area contributed by atoms with Crippen molar-refractivity contribution >= 4 is 21.8 Å². The fourth-order valence-corrected chi connectivity index (χ4v) is 6.42. The first kappa shape index (κ1) is 33.3. The lowest BCUT2D eigenvalue weighted by atomic mass is 9.97. The van der Waals surface area contributed by atoms with Gasteiger partial charge in [0.2, 0.25) is 0 Å². The number of aromatic nitrogens is 4. The molecule has 0 saturated heterocycles. The summed E-state index contributed by atoms with van der Waals surface area (Å²) in [4.78, 5) is 14.6. The molecule has 11 heteroatoms. The average Bonchev–Trinajstić information content (AvgIpc) is 3.51. The molecule has 0 radical (unpaired) electrons. The van der Waals surface area contributed by atoms with E-state index in [0.717, 1.165) is 41.0 Å². The van der Waals surface area contributed by atoms with Gasteiger partial charge in [-0.15, -0.1) is 0 Å². The monoisotopic (exact) mass is 711 g/mol. The number of benzene rings is 6. The quantitative estimate of drug-likeness (QED) is 0.167. The highest BCUT2D eigenvalue weighted by Crippen LogP contribution is 2.41. The second-order valence-corrected chi connectivity index (χ2v) is 12.3. The number of hydrogen-bond donors (Lipinski definition) is 0. The molecular weight excluding hydrogens is 688 g/mol. The van der Waals surface area contributed by atoms with Crippen molar-refractivity contribution in [3.8, 4) is 57.0 Å². The van der Waals surface area contributed by atoms with Gasteiger partial charge < -0.3 is 4.57 Å². The zero-order valence-corrected chi connectivity index (χ0v) is 27.3. The van der Waals surface area contributed by atoms with Crippen molar-refractivity contribution in [1.29, 1.82) is 5.26 Å². The van der Waals surface area contributed by atoms with Crippen molar-refractivity contribution in [2.45, 2.75) is 12.4 Å². The Bertz CT molecular complexity index is 2570. The van der Waals surface area contributed by atoms with E-state index in [-0.39, 0.29) is 27.6 Å². The van der Waals surface area contributed by atoms with Crippen molar-refractivity contribution in [2.75, 3.05) is 0 Å². The Kier molecular flexibility index (Phi) is 8.03. The lowest BCUT2D eigenvalue weighted by Gasteiger charge is -2.16. The zero-order chi connectivity index (χ0) is 36.9. The van der Waals surface area contributed by atoms with Gasteiger partial charge in [-0.1, -0.05) is 78.9 Å². The molecule has 0 amide bonds. The molecule has 0 N–H and O–H groups in total. The van der Waals surface area contributed by atoms with E-state index in [9.17, 15) is 31.6 Å². The molecule has 0 saturated carbocycles. The first-order valence-corrected chi connectivity index (χ1v) is 16.2. The minimum absolute atomic E-state index is 0.0107. The summed E-state index contributed by atoms with van der Waals surface area (Å²) in [7, 11) is 0. The highest BCUT2D eigenvalue weighted by atomic mass is 19.4. The third-order valence-corrected chi connectivity index (χ3v) is 8.95. The van der Waals surface area contributed by atoms with E-state index in [0.29, 0.717) is 34.0 Å². The van der Waals surface area contributed by atoms with Crippen molar-refractivity contribution in [2.24, 2.45) is 0 Å². The number of halogens is 6. The molecule has 0 aliphatic rings. The highest BCUT2D eigenvalue weighted by Gasteiger charge is 2.33. The van der Waals surface area contributed by atoms with Crippen molar-refractivity contribution < 1.29 is 26.3 Å². The molecule has 0 bridgehead atoms. The van der Waals surface area contributed by atoms with Crippen LogP contribution in [0.25, 0.3) is 72.8 Å². The fraction of sp³-hybridized carbons (Fsp3) is 0.0476. The van der Waals surface area contributed by atoms with Gasteiger partial charge in [0.15, 0.2) is 17.5 Å². The van der Waals surface area contributed by atoms with Crippen LogP contribution in [0.2, 0.25) is 0 Å². The van der Waals surface area contributed by atoms with Gasteiger partial charge in [0.1, 0.15) is 0 Å². The number of rotatable bonds is 5. The van der Waals surface area contributed by atoms with E-state index in [1.54, 1.807) is 47.0 Å². The summed E-state index contributed by atoms with van der Waals surface area (Å²) >= 11 is 0. The second kappa shape index (κ2) is 12.8. The van der Waals surface area contributed by atoms with Crippen molar-refractivity contribution in [3.05, 3.63) is 156 Å². The molecule has 0 fully saturated rings. The van der Waals surface area contributed by atoms with Crippen LogP contribution >= 0.6 is 0 Å². The van der Waals surface area contributed by atoms with Crippen LogP contribution in [0.1, 0.15) is 16.7 Å². The van der Waals surface area contributed by atoms with Crippen LogP contribution in [-0.4, -0.2) is 19.5 Å². The fourth-order valence-electron chi connectivity index (χ4n) is 6.42. The molecule has 8 rings (SSSR count). The third-order valence-electron chi connectivity index (χ3n) is 8.95. The molecule has 2 aromatic heterocycles. The molecule has 0 spiro atoms. The Hall–Kier alpha value is -6.80. The second-order valence-electron chi connectivity index (χ2n) is 12.3. The Balaban J connectivity index is 1.43. The van der Waals surface area contributed by atoms with E-state index in [1.165, 1.54) is 12.1 Å². The molecular formula is C42H23F6N5. The summed E-state index contributed by atoms with van der Waals surface area (Å²) in [5.74, 6) is 1.06. The molecule has 0 aliphatic carbocycles. The summed E-state index contributed by atoms with van der Waals surface area (Å²) in [6.45, 7) is 0. The molecule has 0 atom stereocenters. The molecule has 8 aromatic rings. The van der Waals surface area contributed by atoms with E-state index in [1.807, 2.05) is 60.7 Å². The predicted octanol–water partition coefficient (Wildman–Crippen LogP) is 11.5. The Morgan fingerprint density at radius 1 is 0.472 bits per heavy atom. The van der Waals surface area contributed by atoms with Gasteiger partial charge in [-0.2, -0.15) is 31.6 Å². The average molecular weight is 712 g/mol. The largest absolute Gasteiger partial charge is 0.416 e. The van der Waals surface area contributed by atoms with Gasteiger partial charge in [-0.3, -0.25) is 0 Å². The lowest BCUT2D eigenvalue weighted by molar-refractivity contribution is -0.138. The lowest BCUT2D eigenvalue weighted by Crippen LogP contribution is -2.04. The summed E-state index contributed by atoms with van der Waals surface area (Å²) in [5, 5.41) is 9.46. The van der Waals surface area contributed by atoms with Crippen LogP contribution in [0.15, 0.2) is 140 Å². The number of hydrogen-bond acceptors (Lipinski definition) is 4. The molecule has 0 unspecified atom stereocenters. The Morgan fingerprint density at radius 3 is 1.43 bits per heavy atom. The van der Waals surface area contributed by atoms with Crippen LogP contribution in [-0.2, 0) is 12.4 Å². The van der Waals surface area contributed by atoms with Crippen LogP contribution in [0.4, 0.5) is 26.3 Å². The highest BCUT2D eigenvalue weighted by molar-refractivity contribution is 6.10. The topological polar surface area (TPSA) is 67.4 Å². The van der Waals surface area contributed by atoms with Gasteiger partial charge >= 0.3 is 12.4 Å². The number of alkyl halides is 6. The minimum Gasteiger partial charge on any atom is -0.309 e. The van der Waals surface area contributed by atoms with Crippen LogP contribution < -0.4 is 0 Å². The van der Waals surface area contributed by atoms with E-state index in [4.69, 9.17) is 15.0 Å². The van der Waals surface area contributed by atoms with Gasteiger partial charge in [0.25, 0.3) is 0 Å². The van der Waals surface area contributed by atoms with Crippen LogP contribution in [0.3, 0.4) is 0 Å². The minimum atomic E-state index is -4.72. The van der Waals surface area contributed by atoms with Crippen molar-refractivity contribution in [1.82, 2.24) is 19.5 Å². The number of fused-ring (bicyclic) bond motifs is 3. The van der Waals surface area contributed by atoms with Gasteiger partial charge in [-0.05, 0) is 71.8 Å². The first-order valence-electron chi connectivity index (χ1n) is 16.2. The standard InChI is InChI=1S/C42H23F6N5/c43-41(44,45)29-15-19-36-33(21-29)34-22-30(42(46,47)48)16-20-37(34)53(36)31-17-18-32(26-13-11-25(24-49)12-14-26)35(23-31)40-51-38(27-7-3-1-4-8-27)50-39(52-40)28-9-5-2-6-10-28/h1-23H. The summed E-state index contributed by atoms with van der Waals surface area (Å²) in [6, 6.07) is 39.1. The summed E-state index contributed by atoms with van der Waals surface area (Å²) in [6.07, 6.45) is -9.43. The molecule has 258 valence electrons. The molecule has 0 aliphatic heterocycles. The van der Waals surface area contributed by atoms with Crippen LogP contribution in [0, 0.1) is 11.3 Å². The number of nitrogens with zero attached hydrogens (tertiary/aromatic N) is 5. The van der Waals surface area contributed by atoms with Gasteiger partial charge in [0.05, 0.1) is 33.8 Å². The molecule has 6 aromatic carbocycles. The Morgan fingerprint density at radius 2 is 0.962 bits per heavy atom. The summed E-state index contributed by atoms with van der Waals surface area (Å²) in [5.41, 5.74) is 2.84. The van der Waals surface area contributed by atoms with Crippen LogP contribution in [0.5, 0.6) is 0 Å². The van der Waals surface area contributed by atoms with Gasteiger partial charge in [0, 0.05) is 33.2 Å². The van der Waals surface area contributed by atoms with Crippen molar-refractivity contribution in [3.63, 3.8) is 0 Å². The first-order chi connectivity index (χ1) is 25.5. The van der Waals surface area contributed by atoms with E-state index >= 15 is 0 Å². The molecule has 2 heterocycles. The maximum absolute atomic E-state index is 13.9. The SMILES string of the molecule is N#Cc1ccc(-c2ccc(-n3c4ccc(C(F)(F)F)cc4c4cc(C(F)(F)F)ccc43)cc2-c2nc(-c3ccccc3)nc(-c3ccccc3)n2)cc1. The molecule has 53 heavy (non-hydrogen) atoms. The Labute approximate surface area is 298 Å². The molecule has 5 nitrogen and oxygen atoms in total. The third kappa shape index (κ3) is 6.25. The van der Waals surface area contributed by atoms with E-state index < -0.39 is 23.5 Å².